The molecule has 24 heavy (non-hydrogen) atoms. The lowest BCUT2D eigenvalue weighted by atomic mass is 10.2. The van der Waals surface area contributed by atoms with Gasteiger partial charge in [0, 0.05) is 23.9 Å². The van der Waals surface area contributed by atoms with E-state index in [-0.39, 0.29) is 0 Å². The summed E-state index contributed by atoms with van der Waals surface area (Å²) in [5.41, 5.74) is 2.23. The zero-order valence-electron chi connectivity index (χ0n) is 13.7. The first kappa shape index (κ1) is 15.5. The minimum atomic E-state index is 0.649. The molecule has 0 bridgehead atoms. The second kappa shape index (κ2) is 6.83. The van der Waals surface area contributed by atoms with Gasteiger partial charge >= 0.3 is 0 Å². The number of nitrogens with zero attached hydrogens (tertiary/aromatic N) is 4. The molecule has 0 saturated heterocycles. The molecule has 0 spiro atoms. The Balaban J connectivity index is 1.35. The normalized spacial score (nSPS) is 14.4. The van der Waals surface area contributed by atoms with Gasteiger partial charge in [-0.25, -0.2) is 4.98 Å². The van der Waals surface area contributed by atoms with E-state index in [1.54, 1.807) is 11.3 Å². The first-order valence-electron chi connectivity index (χ1n) is 8.26. The highest BCUT2D eigenvalue weighted by atomic mass is 32.1. The minimum absolute atomic E-state index is 0.649. The van der Waals surface area contributed by atoms with E-state index in [9.17, 15) is 0 Å². The average molecular weight is 340 g/mol. The molecule has 0 atom stereocenters. The van der Waals surface area contributed by atoms with E-state index in [4.69, 9.17) is 9.51 Å². The molecule has 2 heterocycles. The molecule has 6 heteroatoms. The Morgan fingerprint density at radius 2 is 2.00 bits per heavy atom. The van der Waals surface area contributed by atoms with Crippen LogP contribution in [0.3, 0.4) is 0 Å². The molecule has 0 unspecified atom stereocenters. The van der Waals surface area contributed by atoms with Crippen molar-refractivity contribution in [3.05, 3.63) is 53.1 Å². The fraction of sp³-hybridized carbons (Fsp3) is 0.389. The summed E-state index contributed by atoms with van der Waals surface area (Å²) in [6.07, 6.45) is 3.56. The smallest absolute Gasteiger partial charge is 0.240 e. The summed E-state index contributed by atoms with van der Waals surface area (Å²) >= 11 is 1.68. The monoisotopic (exact) mass is 340 g/mol. The number of benzene rings is 1. The Labute approximate surface area is 145 Å². The van der Waals surface area contributed by atoms with E-state index < -0.39 is 0 Å². The fourth-order valence-corrected chi connectivity index (χ4v) is 3.49. The number of aromatic nitrogens is 3. The van der Waals surface area contributed by atoms with Crippen molar-refractivity contribution in [2.75, 3.05) is 7.05 Å². The number of thiazole rings is 1. The van der Waals surface area contributed by atoms with Gasteiger partial charge < -0.3 is 4.52 Å². The molecule has 3 aromatic rings. The van der Waals surface area contributed by atoms with Gasteiger partial charge in [0.05, 0.1) is 12.2 Å². The van der Waals surface area contributed by atoms with Crippen molar-refractivity contribution < 1.29 is 4.52 Å². The van der Waals surface area contributed by atoms with Crippen LogP contribution < -0.4 is 0 Å². The van der Waals surface area contributed by atoms with Gasteiger partial charge in [0.1, 0.15) is 5.01 Å². The molecular formula is C18H20N4OS. The lowest BCUT2D eigenvalue weighted by Crippen LogP contribution is -2.17. The maximum absolute atomic E-state index is 5.36. The average Bonchev–Trinajstić information content (AvgIpc) is 3.09. The topological polar surface area (TPSA) is 55.1 Å². The zero-order chi connectivity index (χ0) is 16.4. The van der Waals surface area contributed by atoms with E-state index in [2.05, 4.69) is 32.6 Å². The molecule has 1 fully saturated rings. The van der Waals surface area contributed by atoms with Crippen molar-refractivity contribution >= 4 is 11.3 Å². The van der Waals surface area contributed by atoms with Crippen LogP contribution in [0.4, 0.5) is 0 Å². The molecule has 1 saturated carbocycles. The Morgan fingerprint density at radius 3 is 2.79 bits per heavy atom. The van der Waals surface area contributed by atoms with E-state index in [0.717, 1.165) is 41.0 Å². The summed E-state index contributed by atoms with van der Waals surface area (Å²) < 4.78 is 5.36. The molecular weight excluding hydrogens is 320 g/mol. The number of hydrogen-bond acceptors (Lipinski definition) is 6. The van der Waals surface area contributed by atoms with Gasteiger partial charge in [-0.1, -0.05) is 35.5 Å². The number of hydrogen-bond donors (Lipinski definition) is 0. The van der Waals surface area contributed by atoms with E-state index in [1.807, 2.05) is 25.2 Å². The highest BCUT2D eigenvalue weighted by Gasteiger charge is 2.24. The summed E-state index contributed by atoms with van der Waals surface area (Å²) in [6, 6.07) is 10.3. The highest BCUT2D eigenvalue weighted by Crippen LogP contribution is 2.31. The van der Waals surface area contributed by atoms with E-state index >= 15 is 0 Å². The minimum Gasteiger partial charge on any atom is -0.338 e. The Bertz CT molecular complexity index is 794. The van der Waals surface area contributed by atoms with Crippen LogP contribution in [-0.2, 0) is 19.5 Å². The standard InChI is InChI=1S/C18H20N4OS/c1-22(11-17-20-16(21-23-17)9-13-7-8-13)10-15-12-24-18(19-15)14-5-3-2-4-6-14/h2-6,12-13H,7-11H2,1H3. The molecule has 2 aromatic heterocycles. The maximum Gasteiger partial charge on any atom is 0.240 e. The van der Waals surface area contributed by atoms with Crippen molar-refractivity contribution in [2.45, 2.75) is 32.4 Å². The quantitative estimate of drug-likeness (QED) is 0.655. The highest BCUT2D eigenvalue weighted by molar-refractivity contribution is 7.13. The molecule has 5 nitrogen and oxygen atoms in total. The van der Waals surface area contributed by atoms with Gasteiger partial charge in [-0.05, 0) is 25.8 Å². The second-order valence-corrected chi connectivity index (χ2v) is 7.29. The zero-order valence-corrected chi connectivity index (χ0v) is 14.5. The maximum atomic E-state index is 5.36. The first-order chi connectivity index (χ1) is 11.8. The molecule has 124 valence electrons. The van der Waals surface area contributed by atoms with E-state index in [1.165, 1.54) is 12.8 Å². The van der Waals surface area contributed by atoms with Crippen LogP contribution >= 0.6 is 11.3 Å². The van der Waals surface area contributed by atoms with Crippen LogP contribution in [0.15, 0.2) is 40.2 Å². The molecule has 1 aliphatic rings. The lowest BCUT2D eigenvalue weighted by Gasteiger charge is -2.11. The van der Waals surface area contributed by atoms with Gasteiger partial charge in [0.15, 0.2) is 5.82 Å². The van der Waals surface area contributed by atoms with Crippen molar-refractivity contribution in [3.8, 4) is 10.6 Å². The van der Waals surface area contributed by atoms with E-state index in [0.29, 0.717) is 12.4 Å². The summed E-state index contributed by atoms with van der Waals surface area (Å²) in [5.74, 6) is 2.31. The lowest BCUT2D eigenvalue weighted by molar-refractivity contribution is 0.258. The summed E-state index contributed by atoms with van der Waals surface area (Å²) in [5, 5.41) is 7.25. The third-order valence-electron chi connectivity index (χ3n) is 4.09. The SMILES string of the molecule is CN(Cc1csc(-c2ccccc2)n1)Cc1nc(CC2CC2)no1. The summed E-state index contributed by atoms with van der Waals surface area (Å²) in [6.45, 7) is 1.42. The van der Waals surface area contributed by atoms with Crippen LogP contribution in [0.2, 0.25) is 0 Å². The molecule has 1 aromatic carbocycles. The first-order valence-corrected chi connectivity index (χ1v) is 9.14. The van der Waals surface area contributed by atoms with Crippen molar-refractivity contribution in [2.24, 2.45) is 5.92 Å². The summed E-state index contributed by atoms with van der Waals surface area (Å²) in [7, 11) is 2.05. The van der Waals surface area contributed by atoms with Crippen LogP contribution in [0, 0.1) is 5.92 Å². The van der Waals surface area contributed by atoms with Gasteiger partial charge in [-0.3, -0.25) is 4.90 Å². The third-order valence-corrected chi connectivity index (χ3v) is 5.03. The third kappa shape index (κ3) is 3.88. The predicted octanol–water partition coefficient (Wildman–Crippen LogP) is 3.78. The molecule has 0 N–H and O–H groups in total. The van der Waals surface area contributed by atoms with Crippen molar-refractivity contribution in [1.82, 2.24) is 20.0 Å². The molecule has 4 rings (SSSR count). The Morgan fingerprint density at radius 1 is 1.17 bits per heavy atom. The number of rotatable bonds is 7. The molecule has 0 aliphatic heterocycles. The van der Waals surface area contributed by atoms with Crippen LogP contribution in [0.1, 0.15) is 30.3 Å². The molecule has 1 aliphatic carbocycles. The van der Waals surface area contributed by atoms with Crippen LogP contribution in [0.25, 0.3) is 10.6 Å². The van der Waals surface area contributed by atoms with Crippen molar-refractivity contribution in [1.29, 1.82) is 0 Å². The molecule has 0 amide bonds. The predicted molar refractivity (Wildman–Crippen MR) is 93.4 cm³/mol. The van der Waals surface area contributed by atoms with Gasteiger partial charge in [-0.15, -0.1) is 11.3 Å². The van der Waals surface area contributed by atoms with Crippen molar-refractivity contribution in [3.63, 3.8) is 0 Å². The summed E-state index contributed by atoms with van der Waals surface area (Å²) in [4.78, 5) is 11.4. The van der Waals surface area contributed by atoms with Crippen LogP contribution in [-0.4, -0.2) is 27.1 Å². The van der Waals surface area contributed by atoms with Crippen LogP contribution in [0.5, 0.6) is 0 Å². The Kier molecular flexibility index (Phi) is 4.40. The fourth-order valence-electron chi connectivity index (χ4n) is 2.67. The molecule has 0 radical (unpaired) electrons. The van der Waals surface area contributed by atoms with Gasteiger partial charge in [-0.2, -0.15) is 4.98 Å². The largest absolute Gasteiger partial charge is 0.338 e. The van der Waals surface area contributed by atoms with Gasteiger partial charge in [0.2, 0.25) is 5.89 Å². The van der Waals surface area contributed by atoms with Gasteiger partial charge in [0.25, 0.3) is 0 Å². The Hall–Kier alpha value is -2.05. The second-order valence-electron chi connectivity index (χ2n) is 6.43.